The summed E-state index contributed by atoms with van der Waals surface area (Å²) < 4.78 is 6.68. The van der Waals surface area contributed by atoms with Crippen LogP contribution in [-0.4, -0.2) is 43.6 Å². The van der Waals surface area contributed by atoms with E-state index in [1.54, 1.807) is 6.92 Å². The van der Waals surface area contributed by atoms with Crippen molar-refractivity contribution in [1.82, 2.24) is 20.2 Å². The number of hydrogen-bond acceptors (Lipinski definition) is 10. The molecule has 2 aromatic carbocycles. The van der Waals surface area contributed by atoms with Gasteiger partial charge < -0.3 is 10.1 Å². The molecule has 2 aromatic heterocycles. The molecule has 0 spiro atoms. The van der Waals surface area contributed by atoms with Crippen LogP contribution in [0.2, 0.25) is 0 Å². The SMILES string of the molecule is CCOC(=O)c1c(NC(=O)c2ccc(Sc3nnnn3-c3ccccc3)c([N+](=O)[O-])c2)sc2c1CCC2. The molecule has 188 valence electrons. The normalized spacial score (nSPS) is 12.2. The van der Waals surface area contributed by atoms with E-state index in [4.69, 9.17) is 4.74 Å². The van der Waals surface area contributed by atoms with Crippen molar-refractivity contribution >= 4 is 45.7 Å². The van der Waals surface area contributed by atoms with Crippen LogP contribution in [0, 0.1) is 10.1 Å². The summed E-state index contributed by atoms with van der Waals surface area (Å²) in [5.74, 6) is -1.04. The quantitative estimate of drug-likeness (QED) is 0.193. The van der Waals surface area contributed by atoms with Crippen LogP contribution in [0.15, 0.2) is 58.6 Å². The lowest BCUT2D eigenvalue weighted by Gasteiger charge is -2.09. The molecule has 0 aliphatic heterocycles. The summed E-state index contributed by atoms with van der Waals surface area (Å²) in [5.41, 5.74) is 1.81. The number of hydrogen-bond donors (Lipinski definition) is 1. The van der Waals surface area contributed by atoms with Gasteiger partial charge in [-0.25, -0.2) is 4.79 Å². The Morgan fingerprint density at radius 1 is 1.22 bits per heavy atom. The fourth-order valence-electron chi connectivity index (χ4n) is 4.05. The van der Waals surface area contributed by atoms with Crippen LogP contribution in [0.4, 0.5) is 10.7 Å². The molecule has 1 amide bonds. The van der Waals surface area contributed by atoms with E-state index < -0.39 is 16.8 Å². The number of esters is 1. The van der Waals surface area contributed by atoms with E-state index in [0.29, 0.717) is 21.4 Å². The van der Waals surface area contributed by atoms with Crippen molar-refractivity contribution in [3.8, 4) is 5.69 Å². The average molecular weight is 537 g/mol. The van der Waals surface area contributed by atoms with E-state index >= 15 is 0 Å². The standard InChI is InChI=1S/C24H20N6O5S2/c1-2-35-23(32)20-16-9-6-10-18(16)36-22(20)25-21(31)14-11-12-19(17(13-14)30(33)34)37-24-26-27-28-29(24)15-7-4-3-5-8-15/h3-5,7-8,11-13H,2,6,9-10H2,1H3,(H,25,31). The van der Waals surface area contributed by atoms with Crippen LogP contribution < -0.4 is 5.32 Å². The highest BCUT2D eigenvalue weighted by molar-refractivity contribution is 7.99. The van der Waals surface area contributed by atoms with Crippen LogP contribution in [0.5, 0.6) is 0 Å². The Hall–Kier alpha value is -4.10. The first-order chi connectivity index (χ1) is 18.0. The highest BCUT2D eigenvalue weighted by Gasteiger charge is 2.29. The number of aryl methyl sites for hydroxylation is 1. The number of thiophene rings is 1. The van der Waals surface area contributed by atoms with Gasteiger partial charge in [0, 0.05) is 16.5 Å². The minimum absolute atomic E-state index is 0.0852. The molecular weight excluding hydrogens is 516 g/mol. The van der Waals surface area contributed by atoms with Crippen molar-refractivity contribution < 1.29 is 19.2 Å². The number of rotatable bonds is 8. The lowest BCUT2D eigenvalue weighted by atomic mass is 10.1. The number of ether oxygens (including phenoxy) is 1. The molecule has 37 heavy (non-hydrogen) atoms. The Kier molecular flexibility index (Phi) is 6.97. The van der Waals surface area contributed by atoms with Crippen molar-refractivity contribution in [2.75, 3.05) is 11.9 Å². The summed E-state index contributed by atoms with van der Waals surface area (Å²) in [6, 6.07) is 13.3. The zero-order valence-electron chi connectivity index (χ0n) is 19.5. The summed E-state index contributed by atoms with van der Waals surface area (Å²) in [4.78, 5) is 38.3. The zero-order chi connectivity index (χ0) is 25.9. The molecule has 0 atom stereocenters. The molecule has 1 aliphatic carbocycles. The maximum atomic E-state index is 13.1. The van der Waals surface area contributed by atoms with Crippen LogP contribution in [0.1, 0.15) is 44.5 Å². The molecule has 0 bridgehead atoms. The number of benzene rings is 2. The number of aromatic nitrogens is 4. The number of carbonyl (C=O) groups excluding carboxylic acids is 2. The van der Waals surface area contributed by atoms with E-state index in [-0.39, 0.29) is 22.8 Å². The Morgan fingerprint density at radius 2 is 2.03 bits per heavy atom. The summed E-state index contributed by atoms with van der Waals surface area (Å²) >= 11 is 2.36. The fourth-order valence-corrected chi connectivity index (χ4v) is 6.20. The minimum Gasteiger partial charge on any atom is -0.462 e. The number of nitrogens with zero attached hydrogens (tertiary/aromatic N) is 5. The second kappa shape index (κ2) is 10.5. The summed E-state index contributed by atoms with van der Waals surface area (Å²) in [6.45, 7) is 1.94. The van der Waals surface area contributed by atoms with Gasteiger partial charge in [0.2, 0.25) is 5.16 Å². The first-order valence-corrected chi connectivity index (χ1v) is 13.0. The van der Waals surface area contributed by atoms with E-state index in [1.807, 2.05) is 30.3 Å². The molecule has 0 radical (unpaired) electrons. The van der Waals surface area contributed by atoms with E-state index in [0.717, 1.165) is 41.5 Å². The highest BCUT2D eigenvalue weighted by atomic mass is 32.2. The lowest BCUT2D eigenvalue weighted by molar-refractivity contribution is -0.387. The maximum absolute atomic E-state index is 13.1. The topological polar surface area (TPSA) is 142 Å². The van der Waals surface area contributed by atoms with Gasteiger partial charge in [-0.1, -0.05) is 18.2 Å². The third-order valence-corrected chi connectivity index (χ3v) is 7.90. The summed E-state index contributed by atoms with van der Waals surface area (Å²) in [6.07, 6.45) is 2.53. The van der Waals surface area contributed by atoms with Crippen molar-refractivity contribution in [1.29, 1.82) is 0 Å². The second-order valence-electron chi connectivity index (χ2n) is 7.99. The lowest BCUT2D eigenvalue weighted by Crippen LogP contribution is -2.15. The van der Waals surface area contributed by atoms with Gasteiger partial charge in [-0.3, -0.25) is 14.9 Å². The molecule has 1 N–H and O–H groups in total. The van der Waals surface area contributed by atoms with Gasteiger partial charge in [0.15, 0.2) is 0 Å². The van der Waals surface area contributed by atoms with Crippen LogP contribution in [-0.2, 0) is 17.6 Å². The Morgan fingerprint density at radius 3 is 2.78 bits per heavy atom. The maximum Gasteiger partial charge on any atom is 0.341 e. The van der Waals surface area contributed by atoms with Gasteiger partial charge in [-0.15, -0.1) is 16.4 Å². The minimum atomic E-state index is -0.556. The first kappa shape index (κ1) is 24.6. The number of carbonyl (C=O) groups is 2. The van der Waals surface area contributed by atoms with E-state index in [1.165, 1.54) is 34.2 Å². The van der Waals surface area contributed by atoms with Crippen LogP contribution in [0.3, 0.4) is 0 Å². The van der Waals surface area contributed by atoms with Crippen molar-refractivity contribution in [3.05, 3.63) is 80.2 Å². The van der Waals surface area contributed by atoms with Gasteiger partial charge in [0.1, 0.15) is 5.00 Å². The Bertz CT molecular complexity index is 1500. The molecule has 0 fully saturated rings. The summed E-state index contributed by atoms with van der Waals surface area (Å²) in [5, 5.41) is 27.0. The van der Waals surface area contributed by atoms with Gasteiger partial charge >= 0.3 is 5.97 Å². The van der Waals surface area contributed by atoms with Gasteiger partial charge in [-0.05, 0) is 78.2 Å². The third-order valence-electron chi connectivity index (χ3n) is 5.69. The third kappa shape index (κ3) is 4.95. The molecule has 0 unspecified atom stereocenters. The van der Waals surface area contributed by atoms with E-state index in [9.17, 15) is 19.7 Å². The number of amides is 1. The van der Waals surface area contributed by atoms with Gasteiger partial charge in [-0.2, -0.15) is 4.68 Å². The molecule has 0 saturated carbocycles. The predicted octanol–water partition coefficient (Wildman–Crippen LogP) is 4.70. The largest absolute Gasteiger partial charge is 0.462 e. The number of para-hydroxylation sites is 1. The van der Waals surface area contributed by atoms with Gasteiger partial charge in [0.25, 0.3) is 11.6 Å². The monoisotopic (exact) mass is 536 g/mol. The van der Waals surface area contributed by atoms with Crippen molar-refractivity contribution in [2.24, 2.45) is 0 Å². The van der Waals surface area contributed by atoms with Crippen molar-refractivity contribution in [2.45, 2.75) is 36.2 Å². The number of nitro benzene ring substituents is 1. The van der Waals surface area contributed by atoms with Crippen LogP contribution in [0.25, 0.3) is 5.69 Å². The number of nitro groups is 1. The molecule has 11 nitrogen and oxygen atoms in total. The molecule has 13 heteroatoms. The number of fused-ring (bicyclic) bond motifs is 1. The Balaban J connectivity index is 1.42. The molecule has 0 saturated heterocycles. The molecule has 2 heterocycles. The molecule has 1 aliphatic rings. The second-order valence-corrected chi connectivity index (χ2v) is 10.1. The number of tetrazole rings is 1. The first-order valence-electron chi connectivity index (χ1n) is 11.4. The average Bonchev–Trinajstić information content (AvgIpc) is 3.61. The Labute approximate surface area is 219 Å². The molecular formula is C24H20N6O5S2. The van der Waals surface area contributed by atoms with Crippen LogP contribution >= 0.6 is 23.1 Å². The van der Waals surface area contributed by atoms with E-state index in [2.05, 4.69) is 20.8 Å². The van der Waals surface area contributed by atoms with Crippen molar-refractivity contribution in [3.63, 3.8) is 0 Å². The van der Waals surface area contributed by atoms with Gasteiger partial charge in [0.05, 0.1) is 27.7 Å². The molecule has 5 rings (SSSR count). The molecule has 4 aromatic rings. The highest BCUT2D eigenvalue weighted by Crippen LogP contribution is 2.40. The summed E-state index contributed by atoms with van der Waals surface area (Å²) in [7, 11) is 0. The smallest absolute Gasteiger partial charge is 0.341 e. The predicted molar refractivity (Wildman–Crippen MR) is 137 cm³/mol. The fraction of sp³-hybridized carbons (Fsp3) is 0.208. The number of nitrogens with one attached hydrogen (secondary N) is 1. The number of anilines is 1. The zero-order valence-corrected chi connectivity index (χ0v) is 21.2.